The molecule has 1 aromatic heterocycles. The average Bonchev–Trinajstić information content (AvgIpc) is 2.95. The molecule has 1 aliphatic heterocycles. The Hall–Kier alpha value is -0.490. The SMILES string of the molecule is COCCN(C(=O)c1nc(Cl)ccc1Cl)C1CCSC1. The van der Waals surface area contributed by atoms with Gasteiger partial charge in [0, 0.05) is 25.4 Å². The lowest BCUT2D eigenvalue weighted by atomic mass is 10.2. The molecular weight excluding hydrogens is 319 g/mol. The molecule has 7 heteroatoms. The lowest BCUT2D eigenvalue weighted by Gasteiger charge is -2.28. The molecule has 1 aliphatic rings. The zero-order valence-corrected chi connectivity index (χ0v) is 13.5. The molecule has 20 heavy (non-hydrogen) atoms. The molecule has 0 radical (unpaired) electrons. The molecule has 1 aromatic rings. The summed E-state index contributed by atoms with van der Waals surface area (Å²) in [5.41, 5.74) is 0.215. The van der Waals surface area contributed by atoms with Crippen molar-refractivity contribution in [1.29, 1.82) is 0 Å². The van der Waals surface area contributed by atoms with Gasteiger partial charge in [0.15, 0.2) is 0 Å². The van der Waals surface area contributed by atoms with Gasteiger partial charge in [0.2, 0.25) is 0 Å². The third-order valence-corrected chi connectivity index (χ3v) is 4.82. The second kappa shape index (κ2) is 7.50. The van der Waals surface area contributed by atoms with E-state index in [-0.39, 0.29) is 22.8 Å². The second-order valence-electron chi connectivity index (χ2n) is 4.47. The van der Waals surface area contributed by atoms with Crippen molar-refractivity contribution in [3.63, 3.8) is 0 Å². The fraction of sp³-hybridized carbons (Fsp3) is 0.538. The molecule has 0 aromatic carbocycles. The van der Waals surface area contributed by atoms with Gasteiger partial charge in [-0.3, -0.25) is 4.79 Å². The van der Waals surface area contributed by atoms with Gasteiger partial charge in [-0.25, -0.2) is 4.98 Å². The van der Waals surface area contributed by atoms with Gasteiger partial charge < -0.3 is 9.64 Å². The first-order valence-electron chi connectivity index (χ1n) is 6.33. The maximum atomic E-state index is 12.7. The van der Waals surface area contributed by atoms with E-state index in [0.717, 1.165) is 17.9 Å². The number of pyridine rings is 1. The van der Waals surface area contributed by atoms with E-state index in [2.05, 4.69) is 4.98 Å². The van der Waals surface area contributed by atoms with Crippen LogP contribution in [0.4, 0.5) is 0 Å². The predicted molar refractivity (Wildman–Crippen MR) is 82.9 cm³/mol. The van der Waals surface area contributed by atoms with Crippen LogP contribution in [0, 0.1) is 0 Å². The van der Waals surface area contributed by atoms with E-state index >= 15 is 0 Å². The molecule has 1 unspecified atom stereocenters. The maximum Gasteiger partial charge on any atom is 0.274 e. The van der Waals surface area contributed by atoms with Crippen LogP contribution in [-0.2, 0) is 4.74 Å². The topological polar surface area (TPSA) is 42.4 Å². The van der Waals surface area contributed by atoms with Crippen LogP contribution in [0.25, 0.3) is 0 Å². The molecule has 4 nitrogen and oxygen atoms in total. The molecule has 1 atom stereocenters. The molecule has 2 heterocycles. The van der Waals surface area contributed by atoms with E-state index in [4.69, 9.17) is 27.9 Å². The minimum atomic E-state index is -0.179. The van der Waals surface area contributed by atoms with Crippen molar-refractivity contribution in [2.24, 2.45) is 0 Å². The van der Waals surface area contributed by atoms with Crippen LogP contribution in [0.1, 0.15) is 16.9 Å². The number of hydrogen-bond acceptors (Lipinski definition) is 4. The monoisotopic (exact) mass is 334 g/mol. The number of thioether (sulfide) groups is 1. The summed E-state index contributed by atoms with van der Waals surface area (Å²) in [7, 11) is 1.62. The number of methoxy groups -OCH3 is 1. The third kappa shape index (κ3) is 3.79. The first kappa shape index (κ1) is 15.9. The predicted octanol–water partition coefficient (Wildman–Crippen LogP) is 2.98. The molecule has 0 spiro atoms. The Labute approximate surface area is 132 Å². The van der Waals surface area contributed by atoms with Crippen molar-refractivity contribution in [1.82, 2.24) is 9.88 Å². The van der Waals surface area contributed by atoms with Gasteiger partial charge in [-0.1, -0.05) is 23.2 Å². The first-order valence-corrected chi connectivity index (χ1v) is 8.24. The highest BCUT2D eigenvalue weighted by atomic mass is 35.5. The van der Waals surface area contributed by atoms with E-state index in [0.29, 0.717) is 18.2 Å². The summed E-state index contributed by atoms with van der Waals surface area (Å²) in [6.07, 6.45) is 0.984. The minimum absolute atomic E-state index is 0.179. The van der Waals surface area contributed by atoms with Crippen LogP contribution in [0.3, 0.4) is 0 Å². The number of nitrogens with zero attached hydrogens (tertiary/aromatic N) is 2. The summed E-state index contributed by atoms with van der Waals surface area (Å²) < 4.78 is 5.09. The van der Waals surface area contributed by atoms with Crippen molar-refractivity contribution in [2.75, 3.05) is 31.8 Å². The van der Waals surface area contributed by atoms with E-state index in [1.54, 1.807) is 24.1 Å². The van der Waals surface area contributed by atoms with Gasteiger partial charge in [0.25, 0.3) is 5.91 Å². The number of carbonyl (C=O) groups is 1. The number of halogens is 2. The zero-order chi connectivity index (χ0) is 14.5. The summed E-state index contributed by atoms with van der Waals surface area (Å²) in [6.45, 7) is 1.02. The number of ether oxygens (including phenoxy) is 1. The Kier molecular flexibility index (Phi) is 5.96. The second-order valence-corrected chi connectivity index (χ2v) is 6.42. The van der Waals surface area contributed by atoms with Crippen LogP contribution in [0.15, 0.2) is 12.1 Å². The summed E-state index contributed by atoms with van der Waals surface area (Å²) in [6, 6.07) is 3.38. The average molecular weight is 335 g/mol. The molecule has 0 N–H and O–H groups in total. The van der Waals surface area contributed by atoms with Crippen molar-refractivity contribution in [3.05, 3.63) is 28.0 Å². The molecule has 2 rings (SSSR count). The Morgan fingerprint density at radius 1 is 1.55 bits per heavy atom. The number of hydrogen-bond donors (Lipinski definition) is 0. The fourth-order valence-electron chi connectivity index (χ4n) is 2.11. The Morgan fingerprint density at radius 3 is 3.00 bits per heavy atom. The van der Waals surface area contributed by atoms with Crippen molar-refractivity contribution in [3.8, 4) is 0 Å². The first-order chi connectivity index (χ1) is 9.63. The Balaban J connectivity index is 2.22. The minimum Gasteiger partial charge on any atom is -0.383 e. The quantitative estimate of drug-likeness (QED) is 0.776. The smallest absolute Gasteiger partial charge is 0.274 e. The van der Waals surface area contributed by atoms with E-state index in [9.17, 15) is 4.79 Å². The van der Waals surface area contributed by atoms with E-state index in [1.807, 2.05) is 11.8 Å². The van der Waals surface area contributed by atoms with Crippen molar-refractivity contribution >= 4 is 40.9 Å². The standard InChI is InChI=1S/C13H16Cl2N2O2S/c1-19-6-5-17(9-4-7-20-8-9)13(18)12-10(14)2-3-11(15)16-12/h2-3,9H,4-8H2,1H3. The summed E-state index contributed by atoms with van der Waals surface area (Å²) in [5, 5.41) is 0.595. The van der Waals surface area contributed by atoms with Crippen molar-refractivity contribution < 1.29 is 9.53 Å². The largest absolute Gasteiger partial charge is 0.383 e. The van der Waals surface area contributed by atoms with Crippen LogP contribution in [0.2, 0.25) is 10.2 Å². The normalized spacial score (nSPS) is 18.2. The molecule has 1 saturated heterocycles. The molecule has 1 fully saturated rings. The van der Waals surface area contributed by atoms with E-state index < -0.39 is 0 Å². The molecule has 0 aliphatic carbocycles. The lowest BCUT2D eigenvalue weighted by molar-refractivity contribution is 0.0619. The van der Waals surface area contributed by atoms with Gasteiger partial charge in [-0.05, 0) is 24.3 Å². The van der Waals surface area contributed by atoms with Gasteiger partial charge in [0.05, 0.1) is 11.6 Å². The third-order valence-electron chi connectivity index (χ3n) is 3.16. The van der Waals surface area contributed by atoms with Gasteiger partial charge >= 0.3 is 0 Å². The number of aromatic nitrogens is 1. The van der Waals surface area contributed by atoms with Crippen LogP contribution < -0.4 is 0 Å². The fourth-order valence-corrected chi connectivity index (χ4v) is 3.67. The molecule has 1 amide bonds. The highest BCUT2D eigenvalue weighted by Crippen LogP contribution is 2.25. The maximum absolute atomic E-state index is 12.7. The molecular formula is C13H16Cl2N2O2S. The van der Waals surface area contributed by atoms with Gasteiger partial charge in [-0.2, -0.15) is 11.8 Å². The molecule has 0 saturated carbocycles. The molecule has 0 bridgehead atoms. The highest BCUT2D eigenvalue weighted by molar-refractivity contribution is 7.99. The Bertz CT molecular complexity index is 481. The van der Waals surface area contributed by atoms with Gasteiger partial charge in [-0.15, -0.1) is 0 Å². The molecule has 110 valence electrons. The lowest BCUT2D eigenvalue weighted by Crippen LogP contribution is -2.42. The number of rotatable bonds is 5. The van der Waals surface area contributed by atoms with Crippen LogP contribution in [-0.4, -0.2) is 53.6 Å². The highest BCUT2D eigenvalue weighted by Gasteiger charge is 2.29. The van der Waals surface area contributed by atoms with E-state index in [1.165, 1.54) is 0 Å². The number of carbonyl (C=O) groups excluding carboxylic acids is 1. The van der Waals surface area contributed by atoms with Gasteiger partial charge in [0.1, 0.15) is 10.8 Å². The summed E-state index contributed by atoms with van der Waals surface area (Å²) in [5.74, 6) is 1.83. The van der Waals surface area contributed by atoms with Crippen molar-refractivity contribution in [2.45, 2.75) is 12.5 Å². The van der Waals surface area contributed by atoms with Crippen LogP contribution in [0.5, 0.6) is 0 Å². The zero-order valence-electron chi connectivity index (χ0n) is 11.1. The van der Waals surface area contributed by atoms with Crippen LogP contribution >= 0.6 is 35.0 Å². The summed E-state index contributed by atoms with van der Waals surface area (Å²) >= 11 is 13.8. The Morgan fingerprint density at radius 2 is 2.35 bits per heavy atom. The number of amides is 1. The summed E-state index contributed by atoms with van der Waals surface area (Å²) in [4.78, 5) is 18.5.